The number of hydrogen-bond acceptors (Lipinski definition) is 6. The van der Waals surface area contributed by atoms with Gasteiger partial charge >= 0.3 is 5.97 Å². The van der Waals surface area contributed by atoms with Crippen molar-refractivity contribution in [3.05, 3.63) is 65.4 Å². The Hall–Kier alpha value is -2.89. The lowest BCUT2D eigenvalue weighted by molar-refractivity contribution is -0.141. The summed E-state index contributed by atoms with van der Waals surface area (Å²) in [6, 6.07) is 6.31. The van der Waals surface area contributed by atoms with Gasteiger partial charge < -0.3 is 19.8 Å². The number of rotatable bonds is 11. The number of aliphatic carboxylic acids is 1. The molecule has 39 heavy (non-hydrogen) atoms. The van der Waals surface area contributed by atoms with E-state index in [4.69, 9.17) is 4.74 Å². The molecule has 0 unspecified atom stereocenters. The number of halogens is 4. The molecular weight excluding hydrogens is 536 g/mol. The molecule has 1 aliphatic heterocycles. The fourth-order valence-electron chi connectivity index (χ4n) is 5.25. The average molecular weight is 567 g/mol. The van der Waals surface area contributed by atoms with Gasteiger partial charge in [0, 0.05) is 35.4 Å². The SMILES string of the molecule is COc1ccc2ncc(F)c([C@@H](O)CCC3(CC(=O)O)CCN(CCSc4c(F)cc(F)cc4F)CC3)c2c1. The Kier molecular flexibility index (Phi) is 9.35. The van der Waals surface area contributed by atoms with Crippen molar-refractivity contribution in [3.63, 3.8) is 0 Å². The van der Waals surface area contributed by atoms with Gasteiger partial charge in [-0.3, -0.25) is 9.78 Å². The molecule has 0 radical (unpaired) electrons. The minimum absolute atomic E-state index is 0.0816. The summed E-state index contributed by atoms with van der Waals surface area (Å²) in [5, 5.41) is 21.1. The van der Waals surface area contributed by atoms with Crippen LogP contribution in [0, 0.1) is 28.7 Å². The minimum atomic E-state index is -1.16. The zero-order valence-corrected chi connectivity index (χ0v) is 22.2. The summed E-state index contributed by atoms with van der Waals surface area (Å²) in [6.45, 7) is 1.66. The number of thioether (sulfide) groups is 1. The number of aliphatic hydroxyl groups excluding tert-OH is 1. The second kappa shape index (κ2) is 12.5. The topological polar surface area (TPSA) is 82.9 Å². The van der Waals surface area contributed by atoms with Crippen molar-refractivity contribution in [1.82, 2.24) is 9.88 Å². The van der Waals surface area contributed by atoms with Crippen LogP contribution in [0.3, 0.4) is 0 Å². The second-order valence-electron chi connectivity index (χ2n) is 9.92. The molecule has 2 heterocycles. The molecule has 1 aliphatic rings. The zero-order valence-electron chi connectivity index (χ0n) is 21.4. The Bertz CT molecular complexity index is 1310. The Labute approximate surface area is 228 Å². The van der Waals surface area contributed by atoms with E-state index < -0.39 is 40.8 Å². The molecular formula is C28H30F4N2O4S. The molecule has 0 bridgehead atoms. The number of carboxylic acids is 1. The monoisotopic (exact) mass is 566 g/mol. The quantitative estimate of drug-likeness (QED) is 0.219. The highest BCUT2D eigenvalue weighted by Crippen LogP contribution is 2.42. The molecule has 2 aromatic carbocycles. The van der Waals surface area contributed by atoms with Gasteiger partial charge in [0.2, 0.25) is 0 Å². The average Bonchev–Trinajstić information content (AvgIpc) is 2.89. The van der Waals surface area contributed by atoms with Gasteiger partial charge in [-0.1, -0.05) is 0 Å². The van der Waals surface area contributed by atoms with Gasteiger partial charge in [0.15, 0.2) is 0 Å². The number of pyridine rings is 1. The summed E-state index contributed by atoms with van der Waals surface area (Å²) in [4.78, 5) is 17.7. The highest BCUT2D eigenvalue weighted by Gasteiger charge is 2.37. The number of fused-ring (bicyclic) bond motifs is 1. The van der Waals surface area contributed by atoms with E-state index in [1.54, 1.807) is 18.2 Å². The lowest BCUT2D eigenvalue weighted by Crippen LogP contribution is -2.42. The first-order valence-electron chi connectivity index (χ1n) is 12.6. The molecule has 2 N–H and O–H groups in total. The van der Waals surface area contributed by atoms with Gasteiger partial charge in [-0.05, 0) is 62.4 Å². The van der Waals surface area contributed by atoms with Crippen molar-refractivity contribution in [2.75, 3.05) is 32.5 Å². The van der Waals surface area contributed by atoms with Crippen LogP contribution >= 0.6 is 11.8 Å². The summed E-state index contributed by atoms with van der Waals surface area (Å²) in [7, 11) is 1.49. The number of likely N-dealkylation sites (tertiary alicyclic amines) is 1. The highest BCUT2D eigenvalue weighted by molar-refractivity contribution is 7.99. The fourth-order valence-corrected chi connectivity index (χ4v) is 6.20. The maximum absolute atomic E-state index is 14.8. The second-order valence-corrected chi connectivity index (χ2v) is 11.0. The van der Waals surface area contributed by atoms with E-state index in [-0.39, 0.29) is 23.3 Å². The molecule has 0 amide bonds. The number of aromatic nitrogens is 1. The third-order valence-corrected chi connectivity index (χ3v) is 8.47. The number of hydrogen-bond donors (Lipinski definition) is 2. The van der Waals surface area contributed by atoms with Gasteiger partial charge in [-0.2, -0.15) is 0 Å². The molecule has 0 saturated carbocycles. The Morgan fingerprint density at radius 1 is 1.13 bits per heavy atom. The van der Waals surface area contributed by atoms with E-state index in [1.807, 2.05) is 0 Å². The zero-order chi connectivity index (χ0) is 28.2. The first kappa shape index (κ1) is 29.1. The summed E-state index contributed by atoms with van der Waals surface area (Å²) >= 11 is 0.968. The predicted octanol–water partition coefficient (Wildman–Crippen LogP) is 5.96. The Morgan fingerprint density at radius 3 is 2.46 bits per heavy atom. The molecule has 0 aliphatic carbocycles. The highest BCUT2D eigenvalue weighted by atomic mass is 32.2. The van der Waals surface area contributed by atoms with E-state index in [2.05, 4.69) is 9.88 Å². The first-order valence-corrected chi connectivity index (χ1v) is 13.6. The van der Waals surface area contributed by atoms with Crippen molar-refractivity contribution in [2.24, 2.45) is 5.41 Å². The number of methoxy groups -OCH3 is 1. The van der Waals surface area contributed by atoms with Gasteiger partial charge in [-0.25, -0.2) is 17.6 Å². The number of piperidine rings is 1. The molecule has 6 nitrogen and oxygen atoms in total. The lowest BCUT2D eigenvalue weighted by atomic mass is 9.71. The van der Waals surface area contributed by atoms with Crippen LogP contribution in [0.15, 0.2) is 41.4 Å². The van der Waals surface area contributed by atoms with Crippen molar-refractivity contribution in [2.45, 2.75) is 43.1 Å². The summed E-state index contributed by atoms with van der Waals surface area (Å²) in [6.07, 6.45) is 1.46. The van der Waals surface area contributed by atoms with Crippen LogP contribution in [0.25, 0.3) is 10.9 Å². The Balaban J connectivity index is 1.39. The maximum atomic E-state index is 14.8. The molecule has 1 atom stereocenters. The van der Waals surface area contributed by atoms with Crippen molar-refractivity contribution < 1.29 is 37.3 Å². The summed E-state index contributed by atoms with van der Waals surface area (Å²) in [5.41, 5.74) is 0.0417. The summed E-state index contributed by atoms with van der Waals surface area (Å²) < 4.78 is 61.0. The molecule has 210 valence electrons. The van der Waals surface area contributed by atoms with Gasteiger partial charge in [-0.15, -0.1) is 11.8 Å². The van der Waals surface area contributed by atoms with Crippen LogP contribution in [-0.2, 0) is 4.79 Å². The van der Waals surface area contributed by atoms with Gasteiger partial charge in [0.25, 0.3) is 0 Å². The van der Waals surface area contributed by atoms with E-state index in [0.29, 0.717) is 73.4 Å². The van der Waals surface area contributed by atoms with E-state index >= 15 is 0 Å². The standard InChI is InChI=1S/C28H30F4N2O4S/c1-38-18-2-3-23-19(14-18)26(22(32)16-33-23)24(35)4-5-28(15-25(36)37)6-8-34(9-7-28)10-11-39-27-20(30)12-17(29)13-21(27)31/h2-3,12-14,16,24,35H,4-11,15H2,1H3,(H,36,37)/t24-/m0/s1. The number of carbonyl (C=O) groups is 1. The largest absolute Gasteiger partial charge is 0.497 e. The van der Waals surface area contributed by atoms with E-state index in [0.717, 1.165) is 18.0 Å². The third-order valence-electron chi connectivity index (χ3n) is 7.41. The first-order chi connectivity index (χ1) is 18.6. The Morgan fingerprint density at radius 2 is 1.82 bits per heavy atom. The molecule has 3 aromatic rings. The molecule has 0 spiro atoms. The molecule has 1 saturated heterocycles. The molecule has 1 aromatic heterocycles. The minimum Gasteiger partial charge on any atom is -0.497 e. The van der Waals surface area contributed by atoms with Crippen LogP contribution in [0.5, 0.6) is 5.75 Å². The van der Waals surface area contributed by atoms with E-state index in [1.165, 1.54) is 7.11 Å². The van der Waals surface area contributed by atoms with Gasteiger partial charge in [0.05, 0.1) is 36.2 Å². The lowest BCUT2D eigenvalue weighted by Gasteiger charge is -2.41. The van der Waals surface area contributed by atoms with E-state index in [9.17, 15) is 32.6 Å². The smallest absolute Gasteiger partial charge is 0.303 e. The molecule has 11 heteroatoms. The van der Waals surface area contributed by atoms with Crippen molar-refractivity contribution >= 4 is 28.6 Å². The predicted molar refractivity (Wildman–Crippen MR) is 140 cm³/mol. The number of ether oxygens (including phenoxy) is 1. The van der Waals surface area contributed by atoms with Crippen molar-refractivity contribution in [1.29, 1.82) is 0 Å². The maximum Gasteiger partial charge on any atom is 0.303 e. The molecule has 4 rings (SSSR count). The number of carboxylic acid groups (broad SMARTS) is 1. The normalized spacial score (nSPS) is 16.4. The number of benzene rings is 2. The number of nitrogens with zero attached hydrogens (tertiary/aromatic N) is 2. The summed E-state index contributed by atoms with van der Waals surface area (Å²) in [5.74, 6) is -3.55. The van der Waals surface area contributed by atoms with Crippen LogP contribution in [0.1, 0.15) is 43.8 Å². The number of aliphatic hydroxyl groups is 1. The fraction of sp³-hybridized carbons (Fsp3) is 0.429. The third kappa shape index (κ3) is 7.01. The molecule has 1 fully saturated rings. The van der Waals surface area contributed by atoms with Crippen LogP contribution < -0.4 is 4.74 Å². The van der Waals surface area contributed by atoms with Crippen LogP contribution in [-0.4, -0.2) is 58.6 Å². The van der Waals surface area contributed by atoms with Gasteiger partial charge in [0.1, 0.15) is 29.0 Å². The van der Waals surface area contributed by atoms with Crippen LogP contribution in [0.4, 0.5) is 17.6 Å². The van der Waals surface area contributed by atoms with Crippen molar-refractivity contribution in [3.8, 4) is 5.75 Å². The van der Waals surface area contributed by atoms with Crippen LogP contribution in [0.2, 0.25) is 0 Å².